The van der Waals surface area contributed by atoms with Gasteiger partial charge in [-0.3, -0.25) is 4.57 Å². The fraction of sp³-hybridized carbons (Fsp3) is 0.375. The van der Waals surface area contributed by atoms with Gasteiger partial charge in [-0.05, 0) is 65.0 Å². The molecule has 3 aromatic rings. The lowest BCUT2D eigenvalue weighted by molar-refractivity contribution is -0.389. The molecule has 0 bridgehead atoms. The van der Waals surface area contributed by atoms with E-state index in [1.807, 2.05) is 62.4 Å². The molecule has 2 aromatic carbocycles. The quantitative estimate of drug-likeness (QED) is 0.204. The van der Waals surface area contributed by atoms with Gasteiger partial charge in [-0.1, -0.05) is 36.4 Å². The highest BCUT2D eigenvalue weighted by Gasteiger charge is 2.17. The van der Waals surface area contributed by atoms with Crippen LogP contribution < -0.4 is 4.74 Å². The van der Waals surface area contributed by atoms with Crippen LogP contribution in [0.1, 0.15) is 32.1 Å². The average Bonchev–Trinajstić information content (AvgIpc) is 3.22. The predicted molar refractivity (Wildman–Crippen MR) is 128 cm³/mol. The van der Waals surface area contributed by atoms with Gasteiger partial charge in [-0.2, -0.15) is 0 Å². The first-order valence-corrected chi connectivity index (χ1v) is 11.4. The van der Waals surface area contributed by atoms with Gasteiger partial charge in [0.25, 0.3) is 0 Å². The van der Waals surface area contributed by atoms with Crippen molar-refractivity contribution in [2.24, 2.45) is 0 Å². The molecule has 1 atom stereocenters. The molecule has 0 saturated heterocycles. The maximum Gasteiger partial charge on any atom is 0.383 e. The maximum absolute atomic E-state index is 10.8. The molecule has 34 heavy (non-hydrogen) atoms. The van der Waals surface area contributed by atoms with E-state index in [2.05, 4.69) is 4.98 Å². The van der Waals surface area contributed by atoms with Gasteiger partial charge in [0.1, 0.15) is 18.6 Å². The van der Waals surface area contributed by atoms with Crippen LogP contribution in [0.3, 0.4) is 0 Å². The van der Waals surface area contributed by atoms with E-state index in [1.165, 1.54) is 10.8 Å². The van der Waals surface area contributed by atoms with Gasteiger partial charge in [0, 0.05) is 25.3 Å². The molecule has 182 valence electrons. The second-order valence-electron chi connectivity index (χ2n) is 7.46. The minimum absolute atomic E-state index is 0.00902. The zero-order valence-electron chi connectivity index (χ0n) is 19.1. The number of aliphatic hydroxyl groups is 1. The summed E-state index contributed by atoms with van der Waals surface area (Å²) in [6.07, 6.45) is 0.413. The van der Waals surface area contributed by atoms with Crippen molar-refractivity contribution >= 4 is 17.4 Å². The smallest absolute Gasteiger partial charge is 0.383 e. The highest BCUT2D eigenvalue weighted by Crippen LogP contribution is 2.26. The molecule has 1 N–H and O–H groups in total. The fourth-order valence-electron chi connectivity index (χ4n) is 3.31. The summed E-state index contributed by atoms with van der Waals surface area (Å²) in [6, 6.07) is 15.6. The second-order valence-corrected chi connectivity index (χ2v) is 7.80. The van der Waals surface area contributed by atoms with Gasteiger partial charge in [0.2, 0.25) is 0 Å². The third-order valence-corrected chi connectivity index (χ3v) is 5.36. The molecule has 0 aliphatic heterocycles. The molecule has 0 amide bonds. The number of halogens is 1. The number of aromatic nitrogens is 2. The molecule has 3 rings (SSSR count). The summed E-state index contributed by atoms with van der Waals surface area (Å²) in [7, 11) is 0. The normalized spacial score (nSPS) is 12.1. The van der Waals surface area contributed by atoms with Gasteiger partial charge >= 0.3 is 11.1 Å². The number of rotatable bonds is 13. The molecule has 0 radical (unpaired) electrons. The lowest BCUT2D eigenvalue weighted by Gasteiger charge is -2.17. The third-order valence-electron chi connectivity index (χ3n) is 5.05. The largest absolute Gasteiger partial charge is 0.491 e. The maximum atomic E-state index is 10.8. The minimum Gasteiger partial charge on any atom is -0.491 e. The molecule has 1 aromatic heterocycles. The van der Waals surface area contributed by atoms with Gasteiger partial charge < -0.3 is 29.4 Å². The Kier molecular flexibility index (Phi) is 9.41. The Morgan fingerprint density at radius 1 is 1.06 bits per heavy atom. The van der Waals surface area contributed by atoms with Crippen LogP contribution in [0.25, 0.3) is 11.1 Å². The molecule has 0 aliphatic rings. The van der Waals surface area contributed by atoms with Crippen LogP contribution in [0, 0.1) is 10.1 Å². The summed E-state index contributed by atoms with van der Waals surface area (Å²) in [5, 5.41) is 21.0. The number of ether oxygens (including phenoxy) is 3. The molecule has 0 fully saturated rings. The second kappa shape index (κ2) is 12.5. The Balaban J connectivity index is 1.51. The van der Waals surface area contributed by atoms with Crippen molar-refractivity contribution in [2.45, 2.75) is 39.2 Å². The van der Waals surface area contributed by atoms with Gasteiger partial charge in [0.05, 0.1) is 6.10 Å². The molecule has 0 aliphatic carbocycles. The molecule has 0 saturated carbocycles. The highest BCUT2D eigenvalue weighted by molar-refractivity contribution is 6.28. The van der Waals surface area contributed by atoms with Crippen LogP contribution >= 0.6 is 11.6 Å². The number of nitrogens with zero attached hydrogens (tertiary/aromatic N) is 3. The van der Waals surface area contributed by atoms with Crippen molar-refractivity contribution in [1.82, 2.24) is 9.55 Å². The first-order chi connectivity index (χ1) is 16.4. The molecule has 0 spiro atoms. The number of hydrogen-bond donors (Lipinski definition) is 1. The Labute approximate surface area is 203 Å². The van der Waals surface area contributed by atoms with Gasteiger partial charge in [-0.15, -0.1) is 0 Å². The zero-order chi connectivity index (χ0) is 24.5. The molecular weight excluding hydrogens is 462 g/mol. The summed E-state index contributed by atoms with van der Waals surface area (Å²) in [4.78, 5) is 13.8. The van der Waals surface area contributed by atoms with Crippen LogP contribution in [0.5, 0.6) is 5.75 Å². The van der Waals surface area contributed by atoms with Crippen LogP contribution in [-0.2, 0) is 16.0 Å². The van der Waals surface area contributed by atoms with Crippen molar-refractivity contribution in [1.29, 1.82) is 0 Å². The number of benzene rings is 2. The summed E-state index contributed by atoms with van der Waals surface area (Å²) in [5.41, 5.74) is 3.04. The van der Waals surface area contributed by atoms with Crippen LogP contribution in [0.15, 0.2) is 54.7 Å². The number of nitro groups is 1. The average molecular weight is 490 g/mol. The molecule has 1 unspecified atom stereocenters. The van der Waals surface area contributed by atoms with Crippen molar-refractivity contribution in [3.05, 3.63) is 75.7 Å². The molecular formula is C24H28ClN3O6. The number of aliphatic hydroxyl groups excluding tert-OH is 1. The van der Waals surface area contributed by atoms with Gasteiger partial charge in [-0.25, -0.2) is 0 Å². The summed E-state index contributed by atoms with van der Waals surface area (Å²) >= 11 is 5.89. The molecule has 1 heterocycles. The van der Waals surface area contributed by atoms with E-state index in [-0.39, 0.29) is 30.5 Å². The van der Waals surface area contributed by atoms with Crippen molar-refractivity contribution < 1.29 is 24.2 Å². The van der Waals surface area contributed by atoms with Crippen LogP contribution in [0.4, 0.5) is 5.82 Å². The van der Waals surface area contributed by atoms with Crippen LogP contribution in [0.2, 0.25) is 5.28 Å². The first-order valence-electron chi connectivity index (χ1n) is 11.0. The van der Waals surface area contributed by atoms with E-state index in [9.17, 15) is 15.2 Å². The van der Waals surface area contributed by atoms with E-state index >= 15 is 0 Å². The fourth-order valence-corrected chi connectivity index (χ4v) is 3.53. The summed E-state index contributed by atoms with van der Waals surface area (Å²) in [5.74, 6) is 0.303. The van der Waals surface area contributed by atoms with Gasteiger partial charge in [0.15, 0.2) is 6.29 Å². The van der Waals surface area contributed by atoms with Crippen molar-refractivity contribution in [3.8, 4) is 16.9 Å². The highest BCUT2D eigenvalue weighted by atomic mass is 35.5. The molecule has 9 nitrogen and oxygen atoms in total. The third kappa shape index (κ3) is 7.01. The monoisotopic (exact) mass is 489 g/mol. The summed E-state index contributed by atoms with van der Waals surface area (Å²) < 4.78 is 18.4. The van der Waals surface area contributed by atoms with Crippen LogP contribution in [-0.4, -0.2) is 45.5 Å². The standard InChI is InChI=1S/C24H28ClN3O6/c1-3-32-23(33-4-2)19-7-5-17(6-8-19)18-9-11-21(12-10-18)34-16-20(29)13-14-27-15-22(28(30)31)26-24(27)25/h5-12,15,20,23,29H,3-4,13-14,16H2,1-2H3. The lowest BCUT2D eigenvalue weighted by atomic mass is 10.0. The zero-order valence-corrected chi connectivity index (χ0v) is 19.9. The Morgan fingerprint density at radius 2 is 1.65 bits per heavy atom. The number of hydrogen-bond acceptors (Lipinski definition) is 7. The Bertz CT molecular complexity index is 1050. The topological polar surface area (TPSA) is 109 Å². The Morgan fingerprint density at radius 3 is 2.18 bits per heavy atom. The van der Waals surface area contributed by atoms with E-state index in [4.69, 9.17) is 25.8 Å². The summed E-state index contributed by atoms with van der Waals surface area (Å²) in [6.45, 7) is 5.38. The predicted octanol–water partition coefficient (Wildman–Crippen LogP) is 5.01. The SMILES string of the molecule is CCOC(OCC)c1ccc(-c2ccc(OCC(O)CCn3cc([N+](=O)[O-])nc3Cl)cc2)cc1. The number of aryl methyl sites for hydroxylation is 1. The minimum atomic E-state index is -0.770. The molecule has 10 heteroatoms. The Hall–Kier alpha value is -2.98. The van der Waals surface area contributed by atoms with Crippen molar-refractivity contribution in [2.75, 3.05) is 19.8 Å². The lowest BCUT2D eigenvalue weighted by Crippen LogP contribution is -2.19. The first kappa shape index (κ1) is 25.6. The number of imidazole rings is 1. The van der Waals surface area contributed by atoms with E-state index in [1.54, 1.807) is 0 Å². The van der Waals surface area contributed by atoms with E-state index < -0.39 is 11.0 Å². The van der Waals surface area contributed by atoms with E-state index in [0.29, 0.717) is 25.4 Å². The van der Waals surface area contributed by atoms with Crippen molar-refractivity contribution in [3.63, 3.8) is 0 Å². The van der Waals surface area contributed by atoms with E-state index in [0.717, 1.165) is 16.7 Å².